The van der Waals surface area contributed by atoms with Crippen molar-refractivity contribution in [3.63, 3.8) is 0 Å². The van der Waals surface area contributed by atoms with Gasteiger partial charge in [0.25, 0.3) is 0 Å². The molecule has 1 aliphatic carbocycles. The normalized spacial score (nSPS) is 24.0. The highest BCUT2D eigenvalue weighted by atomic mass is 15.3. The van der Waals surface area contributed by atoms with Crippen LogP contribution in [0.4, 0.5) is 5.69 Å². The number of likely N-dealkylation sites (tertiary alicyclic amines) is 2. The zero-order valence-corrected chi connectivity index (χ0v) is 16.8. The Kier molecular flexibility index (Phi) is 5.69. The van der Waals surface area contributed by atoms with Crippen LogP contribution in [-0.4, -0.2) is 61.1 Å². The Hall–Kier alpha value is -1.59. The van der Waals surface area contributed by atoms with Gasteiger partial charge in [-0.2, -0.15) is 0 Å². The molecule has 0 spiro atoms. The number of nitrogens with two attached hydrogens (primary N) is 1. The molecule has 2 saturated heterocycles. The van der Waals surface area contributed by atoms with E-state index in [1.165, 1.54) is 75.6 Å². The second-order valence-corrected chi connectivity index (χ2v) is 8.74. The maximum Gasteiger partial charge on any atom is 0.193 e. The van der Waals surface area contributed by atoms with E-state index in [0.29, 0.717) is 5.96 Å². The lowest BCUT2D eigenvalue weighted by Crippen LogP contribution is -2.58. The van der Waals surface area contributed by atoms with Gasteiger partial charge in [0, 0.05) is 11.2 Å². The number of guanidine groups is 1. The Bertz CT molecular complexity index is 669. The highest BCUT2D eigenvalue weighted by Crippen LogP contribution is 2.32. The second kappa shape index (κ2) is 8.19. The van der Waals surface area contributed by atoms with Crippen LogP contribution in [0.1, 0.15) is 49.7 Å². The van der Waals surface area contributed by atoms with Crippen molar-refractivity contribution in [2.24, 2.45) is 10.7 Å². The van der Waals surface area contributed by atoms with Gasteiger partial charge >= 0.3 is 0 Å². The summed E-state index contributed by atoms with van der Waals surface area (Å²) in [5.74, 6) is 0.559. The predicted octanol–water partition coefficient (Wildman–Crippen LogP) is 2.85. The van der Waals surface area contributed by atoms with Gasteiger partial charge in [0.1, 0.15) is 0 Å². The highest BCUT2D eigenvalue weighted by molar-refractivity contribution is 5.92. The summed E-state index contributed by atoms with van der Waals surface area (Å²) < 4.78 is 0. The molecule has 0 aromatic heterocycles. The lowest BCUT2D eigenvalue weighted by molar-refractivity contribution is 0.0209. The number of hydrogen-bond acceptors (Lipinski definition) is 3. The molecule has 1 aromatic carbocycles. The molecular formula is C22H35N5. The number of nitrogens with one attached hydrogen (secondary N) is 1. The monoisotopic (exact) mass is 369 g/mol. The summed E-state index contributed by atoms with van der Waals surface area (Å²) in [6, 6.07) is 6.63. The van der Waals surface area contributed by atoms with Gasteiger partial charge in [0.2, 0.25) is 0 Å². The summed E-state index contributed by atoms with van der Waals surface area (Å²) in [7, 11) is 2.23. The molecule has 0 radical (unpaired) electrons. The molecule has 4 rings (SSSR count). The number of fused-ring (bicyclic) bond motifs is 1. The quantitative estimate of drug-likeness (QED) is 0.633. The molecule has 0 atom stereocenters. The molecule has 0 saturated carbocycles. The van der Waals surface area contributed by atoms with Crippen molar-refractivity contribution in [1.29, 1.82) is 0 Å². The van der Waals surface area contributed by atoms with Crippen molar-refractivity contribution in [1.82, 2.24) is 9.80 Å². The fourth-order valence-electron chi connectivity index (χ4n) is 5.05. The van der Waals surface area contributed by atoms with Gasteiger partial charge in [-0.3, -0.25) is 9.89 Å². The molecule has 148 valence electrons. The molecule has 3 N–H and O–H groups in total. The van der Waals surface area contributed by atoms with E-state index in [-0.39, 0.29) is 5.54 Å². The van der Waals surface area contributed by atoms with Crippen LogP contribution in [0.25, 0.3) is 0 Å². The molecule has 1 aromatic rings. The van der Waals surface area contributed by atoms with Crippen molar-refractivity contribution in [3.8, 4) is 0 Å². The Morgan fingerprint density at radius 3 is 2.56 bits per heavy atom. The Morgan fingerprint density at radius 2 is 1.78 bits per heavy atom. The van der Waals surface area contributed by atoms with E-state index in [2.05, 4.69) is 40.4 Å². The van der Waals surface area contributed by atoms with Gasteiger partial charge in [0.15, 0.2) is 5.96 Å². The van der Waals surface area contributed by atoms with E-state index in [1.807, 2.05) is 0 Å². The van der Waals surface area contributed by atoms with E-state index in [9.17, 15) is 0 Å². The molecule has 2 fully saturated rings. The zero-order valence-electron chi connectivity index (χ0n) is 16.8. The summed E-state index contributed by atoms with van der Waals surface area (Å²) in [5.41, 5.74) is 10.5. The molecule has 3 aliphatic rings. The fourth-order valence-corrected chi connectivity index (χ4v) is 5.05. The van der Waals surface area contributed by atoms with Crippen LogP contribution in [0.15, 0.2) is 23.2 Å². The summed E-state index contributed by atoms with van der Waals surface area (Å²) in [6.07, 6.45) is 10.1. The third-order valence-electron chi connectivity index (χ3n) is 6.86. The van der Waals surface area contributed by atoms with Crippen molar-refractivity contribution in [2.75, 3.05) is 45.1 Å². The molecule has 0 unspecified atom stereocenters. The Morgan fingerprint density at radius 1 is 1.04 bits per heavy atom. The predicted molar refractivity (Wildman–Crippen MR) is 113 cm³/mol. The largest absolute Gasteiger partial charge is 0.370 e. The van der Waals surface area contributed by atoms with Crippen molar-refractivity contribution in [3.05, 3.63) is 29.3 Å². The average molecular weight is 370 g/mol. The first-order valence-electron chi connectivity index (χ1n) is 10.8. The summed E-state index contributed by atoms with van der Waals surface area (Å²) >= 11 is 0. The van der Waals surface area contributed by atoms with E-state index in [1.54, 1.807) is 0 Å². The van der Waals surface area contributed by atoms with Crippen LogP contribution in [0, 0.1) is 0 Å². The van der Waals surface area contributed by atoms with Gasteiger partial charge in [-0.1, -0.05) is 12.5 Å². The number of aryl methyl sites for hydroxylation is 2. The number of rotatable bonds is 4. The highest BCUT2D eigenvalue weighted by Gasteiger charge is 2.39. The lowest BCUT2D eigenvalue weighted by atomic mass is 9.84. The van der Waals surface area contributed by atoms with E-state index in [4.69, 9.17) is 10.7 Å². The number of anilines is 1. The second-order valence-electron chi connectivity index (χ2n) is 8.74. The first kappa shape index (κ1) is 18.8. The number of nitrogens with zero attached hydrogens (tertiary/aromatic N) is 3. The summed E-state index contributed by atoms with van der Waals surface area (Å²) in [5, 5.41) is 3.34. The Labute approximate surface area is 164 Å². The fraction of sp³-hybridized carbons (Fsp3) is 0.682. The van der Waals surface area contributed by atoms with Crippen LogP contribution >= 0.6 is 0 Å². The average Bonchev–Trinajstić information content (AvgIpc) is 3.16. The number of aliphatic imine (C=N–C) groups is 1. The van der Waals surface area contributed by atoms with Crippen LogP contribution in [-0.2, 0) is 12.8 Å². The SMILES string of the molecule is CN1CCC(CN=C(N)Nc2ccc3c(c2)CCC3)(N2CCCCC2)CC1. The van der Waals surface area contributed by atoms with Gasteiger partial charge in [0.05, 0.1) is 6.54 Å². The first-order chi connectivity index (χ1) is 13.1. The Balaban J connectivity index is 1.44. The standard InChI is InChI=1S/C22H35N5/c1-26-14-10-22(11-15-26,27-12-3-2-4-13-27)17-24-21(23)25-20-9-8-18-6-5-7-19(18)16-20/h8-9,16H,2-7,10-15,17H2,1H3,(H3,23,24,25). The van der Waals surface area contributed by atoms with E-state index in [0.717, 1.165) is 25.3 Å². The van der Waals surface area contributed by atoms with Gasteiger partial charge in [-0.15, -0.1) is 0 Å². The first-order valence-corrected chi connectivity index (χ1v) is 10.8. The summed E-state index contributed by atoms with van der Waals surface area (Å²) in [4.78, 5) is 9.99. The van der Waals surface area contributed by atoms with Gasteiger partial charge < -0.3 is 16.0 Å². The molecule has 2 heterocycles. The number of hydrogen-bond donors (Lipinski definition) is 2. The number of benzene rings is 1. The molecular weight excluding hydrogens is 334 g/mol. The van der Waals surface area contributed by atoms with Gasteiger partial charge in [-0.05, 0) is 101 Å². The van der Waals surface area contributed by atoms with E-state index >= 15 is 0 Å². The van der Waals surface area contributed by atoms with Crippen molar-refractivity contribution in [2.45, 2.75) is 56.9 Å². The van der Waals surface area contributed by atoms with E-state index < -0.39 is 0 Å². The molecule has 5 heteroatoms. The smallest absolute Gasteiger partial charge is 0.193 e. The number of piperidine rings is 2. The molecule has 27 heavy (non-hydrogen) atoms. The van der Waals surface area contributed by atoms with Crippen LogP contribution in [0.2, 0.25) is 0 Å². The molecule has 0 amide bonds. The van der Waals surface area contributed by atoms with Crippen molar-refractivity contribution < 1.29 is 0 Å². The summed E-state index contributed by atoms with van der Waals surface area (Å²) in [6.45, 7) is 5.56. The molecule has 0 bridgehead atoms. The maximum absolute atomic E-state index is 6.29. The zero-order chi connectivity index (χ0) is 18.7. The van der Waals surface area contributed by atoms with Crippen molar-refractivity contribution >= 4 is 11.6 Å². The topological polar surface area (TPSA) is 56.9 Å². The molecule has 5 nitrogen and oxygen atoms in total. The molecule has 2 aliphatic heterocycles. The minimum atomic E-state index is 0.192. The minimum Gasteiger partial charge on any atom is -0.370 e. The minimum absolute atomic E-state index is 0.192. The third-order valence-corrected chi connectivity index (χ3v) is 6.86. The van der Waals surface area contributed by atoms with Gasteiger partial charge in [-0.25, -0.2) is 0 Å². The maximum atomic E-state index is 6.29. The third kappa shape index (κ3) is 4.30. The lowest BCUT2D eigenvalue weighted by Gasteiger charge is -2.49. The van der Waals surface area contributed by atoms with Crippen LogP contribution < -0.4 is 11.1 Å². The van der Waals surface area contributed by atoms with Crippen LogP contribution in [0.3, 0.4) is 0 Å². The van der Waals surface area contributed by atoms with Crippen LogP contribution in [0.5, 0.6) is 0 Å².